The first-order valence-corrected chi connectivity index (χ1v) is 9.94. The molecule has 0 saturated heterocycles. The molecule has 0 aromatic heterocycles. The largest absolute Gasteiger partial charge is 0.465 e. The topological polar surface area (TPSA) is 26.3 Å². The van der Waals surface area contributed by atoms with Crippen LogP contribution in [0.5, 0.6) is 0 Å². The fraction of sp³-hybridized carbons (Fsp3) is 0.0357. The van der Waals surface area contributed by atoms with Crippen molar-refractivity contribution < 1.29 is 9.53 Å². The molecule has 0 radical (unpaired) electrons. The summed E-state index contributed by atoms with van der Waals surface area (Å²) in [4.78, 5) is 11.6. The number of carbonyl (C=O) groups is 1. The van der Waals surface area contributed by atoms with E-state index in [1.807, 2.05) is 12.1 Å². The van der Waals surface area contributed by atoms with Crippen molar-refractivity contribution in [2.24, 2.45) is 0 Å². The molecule has 0 aliphatic heterocycles. The van der Waals surface area contributed by atoms with Gasteiger partial charge in [-0.25, -0.2) is 4.79 Å². The standard InChI is InChI=1S/C28H20O2/c1-30-28(29)24-12-8-19(9-13-24)6-7-20-10-11-22-15-17-23-16-14-21-4-2-3-5-25(21)27(23)26(22)18-20/h2-18H,1H3. The maximum Gasteiger partial charge on any atom is 0.337 e. The molecule has 0 fully saturated rings. The van der Waals surface area contributed by atoms with Gasteiger partial charge >= 0.3 is 5.97 Å². The number of hydrogen-bond acceptors (Lipinski definition) is 2. The van der Waals surface area contributed by atoms with E-state index in [0.717, 1.165) is 11.1 Å². The van der Waals surface area contributed by atoms with Gasteiger partial charge in [0, 0.05) is 0 Å². The van der Waals surface area contributed by atoms with Crippen LogP contribution in [0.2, 0.25) is 0 Å². The van der Waals surface area contributed by atoms with Gasteiger partial charge in [0.15, 0.2) is 0 Å². The number of rotatable bonds is 3. The average Bonchev–Trinajstić information content (AvgIpc) is 2.82. The van der Waals surface area contributed by atoms with E-state index < -0.39 is 0 Å². The van der Waals surface area contributed by atoms with Crippen molar-refractivity contribution in [1.82, 2.24) is 0 Å². The summed E-state index contributed by atoms with van der Waals surface area (Å²) in [5.74, 6) is -0.320. The zero-order valence-corrected chi connectivity index (χ0v) is 16.6. The molecule has 30 heavy (non-hydrogen) atoms. The fourth-order valence-corrected chi connectivity index (χ4v) is 3.99. The third kappa shape index (κ3) is 3.23. The van der Waals surface area contributed by atoms with Crippen molar-refractivity contribution in [3.63, 3.8) is 0 Å². The molecule has 5 aromatic carbocycles. The predicted octanol–water partition coefficient (Wildman–Crippen LogP) is 7.10. The van der Waals surface area contributed by atoms with Crippen molar-refractivity contribution in [3.8, 4) is 0 Å². The highest BCUT2D eigenvalue weighted by Gasteiger charge is 2.06. The predicted molar refractivity (Wildman–Crippen MR) is 126 cm³/mol. The SMILES string of the molecule is COC(=O)c1ccc(C=Cc2ccc3ccc4ccc5ccccc5c4c3c2)cc1. The number of fused-ring (bicyclic) bond motifs is 5. The van der Waals surface area contributed by atoms with Crippen molar-refractivity contribution in [2.45, 2.75) is 0 Å². The van der Waals surface area contributed by atoms with Crippen molar-refractivity contribution in [2.75, 3.05) is 7.11 Å². The minimum absolute atomic E-state index is 0.320. The Balaban J connectivity index is 1.58. The monoisotopic (exact) mass is 388 g/mol. The van der Waals surface area contributed by atoms with Gasteiger partial charge in [-0.2, -0.15) is 0 Å². The number of esters is 1. The van der Waals surface area contributed by atoms with E-state index in [1.165, 1.54) is 39.4 Å². The Morgan fingerprint density at radius 3 is 2.03 bits per heavy atom. The highest BCUT2D eigenvalue weighted by molar-refractivity contribution is 6.20. The minimum Gasteiger partial charge on any atom is -0.465 e. The first-order chi connectivity index (χ1) is 14.7. The van der Waals surface area contributed by atoms with Crippen LogP contribution in [-0.2, 0) is 4.74 Å². The molecule has 5 aromatic rings. The summed E-state index contributed by atoms with van der Waals surface area (Å²) in [6, 6.07) is 31.3. The van der Waals surface area contributed by atoms with Gasteiger partial charge in [-0.05, 0) is 61.6 Å². The Kier molecular flexibility index (Phi) is 4.53. The molecule has 0 heterocycles. The lowest BCUT2D eigenvalue weighted by Crippen LogP contribution is -2.00. The van der Waals surface area contributed by atoms with E-state index in [2.05, 4.69) is 78.9 Å². The lowest BCUT2D eigenvalue weighted by Gasteiger charge is -2.09. The molecular weight excluding hydrogens is 368 g/mol. The van der Waals surface area contributed by atoms with Gasteiger partial charge in [-0.15, -0.1) is 0 Å². The van der Waals surface area contributed by atoms with Crippen LogP contribution in [0.3, 0.4) is 0 Å². The van der Waals surface area contributed by atoms with E-state index in [9.17, 15) is 4.79 Å². The summed E-state index contributed by atoms with van der Waals surface area (Å²) in [6.45, 7) is 0. The van der Waals surface area contributed by atoms with E-state index in [4.69, 9.17) is 4.74 Å². The van der Waals surface area contributed by atoms with Gasteiger partial charge in [0.05, 0.1) is 12.7 Å². The molecule has 0 spiro atoms. The van der Waals surface area contributed by atoms with Crippen LogP contribution < -0.4 is 0 Å². The molecule has 5 rings (SSSR count). The van der Waals surface area contributed by atoms with Crippen LogP contribution in [0.15, 0.2) is 91.0 Å². The van der Waals surface area contributed by atoms with Crippen LogP contribution >= 0.6 is 0 Å². The summed E-state index contributed by atoms with van der Waals surface area (Å²) >= 11 is 0. The van der Waals surface area contributed by atoms with E-state index in [1.54, 1.807) is 12.1 Å². The second-order valence-corrected chi connectivity index (χ2v) is 7.38. The van der Waals surface area contributed by atoms with Crippen molar-refractivity contribution >= 4 is 50.4 Å². The third-order valence-corrected chi connectivity index (χ3v) is 5.55. The maximum absolute atomic E-state index is 11.6. The number of hydrogen-bond donors (Lipinski definition) is 0. The number of ether oxygens (including phenoxy) is 1. The van der Waals surface area contributed by atoms with Gasteiger partial charge in [0.25, 0.3) is 0 Å². The van der Waals surface area contributed by atoms with E-state index in [-0.39, 0.29) is 5.97 Å². The first kappa shape index (κ1) is 18.1. The Labute approximate surface area is 175 Å². The van der Waals surface area contributed by atoms with Gasteiger partial charge < -0.3 is 4.74 Å². The summed E-state index contributed by atoms with van der Waals surface area (Å²) in [7, 11) is 1.39. The fourth-order valence-electron chi connectivity index (χ4n) is 3.99. The summed E-state index contributed by atoms with van der Waals surface area (Å²) in [5, 5.41) is 7.57. The van der Waals surface area contributed by atoms with Crippen molar-refractivity contribution in [1.29, 1.82) is 0 Å². The molecule has 0 aliphatic rings. The molecule has 0 saturated carbocycles. The molecule has 0 aliphatic carbocycles. The number of benzene rings is 5. The quantitative estimate of drug-likeness (QED) is 0.187. The molecule has 2 nitrogen and oxygen atoms in total. The Morgan fingerprint density at radius 2 is 1.27 bits per heavy atom. The van der Waals surface area contributed by atoms with Crippen LogP contribution in [0.25, 0.3) is 44.5 Å². The molecule has 0 amide bonds. The van der Waals surface area contributed by atoms with Crippen LogP contribution in [0.4, 0.5) is 0 Å². The number of methoxy groups -OCH3 is 1. The van der Waals surface area contributed by atoms with Gasteiger partial charge in [-0.1, -0.05) is 84.9 Å². The van der Waals surface area contributed by atoms with E-state index >= 15 is 0 Å². The minimum atomic E-state index is -0.320. The highest BCUT2D eigenvalue weighted by Crippen LogP contribution is 2.32. The Morgan fingerprint density at radius 1 is 0.667 bits per heavy atom. The molecule has 0 unspecified atom stereocenters. The third-order valence-electron chi connectivity index (χ3n) is 5.55. The second-order valence-electron chi connectivity index (χ2n) is 7.38. The zero-order valence-electron chi connectivity index (χ0n) is 16.6. The molecule has 144 valence electrons. The summed E-state index contributed by atoms with van der Waals surface area (Å²) in [5.41, 5.74) is 2.73. The molecule has 0 bridgehead atoms. The van der Waals surface area contributed by atoms with Crippen LogP contribution in [0, 0.1) is 0 Å². The van der Waals surface area contributed by atoms with Gasteiger partial charge in [0.2, 0.25) is 0 Å². The zero-order chi connectivity index (χ0) is 20.5. The van der Waals surface area contributed by atoms with Crippen molar-refractivity contribution in [3.05, 3.63) is 108 Å². The van der Waals surface area contributed by atoms with Gasteiger partial charge in [0.1, 0.15) is 0 Å². The Hall–Kier alpha value is -3.91. The number of carbonyl (C=O) groups excluding carboxylic acids is 1. The average molecular weight is 388 g/mol. The second kappa shape index (κ2) is 7.49. The molecule has 2 heteroatoms. The summed E-state index contributed by atoms with van der Waals surface area (Å²) < 4.78 is 4.76. The molecule has 0 N–H and O–H groups in total. The smallest absolute Gasteiger partial charge is 0.337 e. The lowest BCUT2D eigenvalue weighted by molar-refractivity contribution is 0.0600. The normalized spacial score (nSPS) is 11.5. The van der Waals surface area contributed by atoms with Gasteiger partial charge in [-0.3, -0.25) is 0 Å². The first-order valence-electron chi connectivity index (χ1n) is 9.94. The van der Waals surface area contributed by atoms with E-state index in [0.29, 0.717) is 5.56 Å². The molecular formula is C28H20O2. The highest BCUT2D eigenvalue weighted by atomic mass is 16.5. The molecule has 0 atom stereocenters. The summed E-state index contributed by atoms with van der Waals surface area (Å²) in [6.07, 6.45) is 4.17. The van der Waals surface area contributed by atoms with Crippen LogP contribution in [0.1, 0.15) is 21.5 Å². The lowest BCUT2D eigenvalue weighted by atomic mass is 9.95. The maximum atomic E-state index is 11.6. The Bertz CT molecular complexity index is 1420. The van der Waals surface area contributed by atoms with Crippen LogP contribution in [-0.4, -0.2) is 13.1 Å².